The third-order valence-corrected chi connectivity index (χ3v) is 4.20. The van der Waals surface area contributed by atoms with Gasteiger partial charge in [-0.05, 0) is 56.7 Å². The molecule has 29 heavy (non-hydrogen) atoms. The van der Waals surface area contributed by atoms with Crippen molar-refractivity contribution in [3.8, 4) is 0 Å². The van der Waals surface area contributed by atoms with Crippen molar-refractivity contribution in [3.63, 3.8) is 0 Å². The minimum absolute atomic E-state index is 0.276. The number of nitrogens with one attached hydrogen (secondary N) is 2. The monoisotopic (exact) mass is 390 g/mol. The first-order chi connectivity index (χ1) is 14.0. The molecule has 0 saturated heterocycles. The number of nitrogens with zero attached hydrogens (tertiary/aromatic N) is 2. The van der Waals surface area contributed by atoms with Crippen molar-refractivity contribution in [2.45, 2.75) is 20.8 Å². The molecule has 0 aliphatic carbocycles. The Bertz CT molecular complexity index is 1020. The SMILES string of the molecule is CCOC(=O)c1ccc(Nc2ncc(C(=O)Nc3ccc(C)cc3C)cn2)cc1. The van der Waals surface area contributed by atoms with E-state index in [9.17, 15) is 9.59 Å². The minimum Gasteiger partial charge on any atom is -0.462 e. The molecule has 3 aromatic rings. The molecule has 148 valence electrons. The number of carbonyl (C=O) groups excluding carboxylic acids is 2. The fraction of sp³-hybridized carbons (Fsp3) is 0.182. The van der Waals surface area contributed by atoms with E-state index in [1.54, 1.807) is 31.2 Å². The van der Waals surface area contributed by atoms with Crippen LogP contribution in [0.25, 0.3) is 0 Å². The van der Waals surface area contributed by atoms with Gasteiger partial charge in [0.05, 0.1) is 17.7 Å². The molecule has 2 aromatic carbocycles. The molecule has 0 bridgehead atoms. The molecule has 0 saturated carbocycles. The zero-order valence-electron chi connectivity index (χ0n) is 16.5. The Balaban J connectivity index is 1.63. The average molecular weight is 390 g/mol. The molecule has 0 aliphatic heterocycles. The number of ether oxygens (including phenoxy) is 1. The standard InChI is InChI=1S/C22H22N4O3/c1-4-29-21(28)16-6-8-18(9-7-16)25-22-23-12-17(13-24-22)20(27)26-19-10-5-14(2)11-15(19)3/h5-13H,4H2,1-3H3,(H,26,27)(H,23,24,25). The van der Waals surface area contributed by atoms with E-state index in [-0.39, 0.29) is 11.9 Å². The largest absolute Gasteiger partial charge is 0.462 e. The van der Waals surface area contributed by atoms with Gasteiger partial charge in [-0.1, -0.05) is 17.7 Å². The lowest BCUT2D eigenvalue weighted by atomic mass is 10.1. The van der Waals surface area contributed by atoms with E-state index in [1.165, 1.54) is 12.4 Å². The highest BCUT2D eigenvalue weighted by molar-refractivity contribution is 6.04. The second-order valence-corrected chi connectivity index (χ2v) is 6.49. The Morgan fingerprint density at radius 1 is 0.966 bits per heavy atom. The minimum atomic E-state index is -0.366. The summed E-state index contributed by atoms with van der Waals surface area (Å²) in [5.74, 6) is -0.297. The molecule has 1 heterocycles. The smallest absolute Gasteiger partial charge is 0.338 e. The number of aryl methyl sites for hydroxylation is 2. The van der Waals surface area contributed by atoms with Gasteiger partial charge in [0.15, 0.2) is 0 Å². The zero-order valence-corrected chi connectivity index (χ0v) is 16.5. The molecular weight excluding hydrogens is 368 g/mol. The van der Waals surface area contributed by atoms with E-state index in [1.807, 2.05) is 32.0 Å². The van der Waals surface area contributed by atoms with E-state index in [0.717, 1.165) is 16.8 Å². The summed E-state index contributed by atoms with van der Waals surface area (Å²) in [6, 6.07) is 12.6. The second-order valence-electron chi connectivity index (χ2n) is 6.49. The average Bonchev–Trinajstić information content (AvgIpc) is 2.71. The first-order valence-corrected chi connectivity index (χ1v) is 9.21. The highest BCUT2D eigenvalue weighted by atomic mass is 16.5. The van der Waals surface area contributed by atoms with Gasteiger partial charge in [0.1, 0.15) is 0 Å². The molecule has 0 atom stereocenters. The van der Waals surface area contributed by atoms with Crippen LogP contribution >= 0.6 is 0 Å². The first kappa shape index (κ1) is 20.0. The number of hydrogen-bond acceptors (Lipinski definition) is 6. The quantitative estimate of drug-likeness (QED) is 0.611. The summed E-state index contributed by atoms with van der Waals surface area (Å²) in [7, 11) is 0. The van der Waals surface area contributed by atoms with E-state index in [0.29, 0.717) is 29.4 Å². The third kappa shape index (κ3) is 5.16. The summed E-state index contributed by atoms with van der Waals surface area (Å²) >= 11 is 0. The van der Waals surface area contributed by atoms with E-state index < -0.39 is 0 Å². The molecule has 0 unspecified atom stereocenters. The van der Waals surface area contributed by atoms with Gasteiger partial charge in [0.25, 0.3) is 5.91 Å². The van der Waals surface area contributed by atoms with Crippen LogP contribution in [0.2, 0.25) is 0 Å². The summed E-state index contributed by atoms with van der Waals surface area (Å²) in [4.78, 5) is 32.5. The van der Waals surface area contributed by atoms with Crippen molar-refractivity contribution >= 4 is 29.2 Å². The van der Waals surface area contributed by atoms with Gasteiger partial charge in [-0.3, -0.25) is 4.79 Å². The lowest BCUT2D eigenvalue weighted by Crippen LogP contribution is -2.14. The molecule has 1 aromatic heterocycles. The molecule has 7 nitrogen and oxygen atoms in total. The van der Waals surface area contributed by atoms with Crippen LogP contribution in [-0.2, 0) is 4.74 Å². The van der Waals surface area contributed by atoms with Crippen molar-refractivity contribution in [2.24, 2.45) is 0 Å². The molecule has 2 N–H and O–H groups in total. The van der Waals surface area contributed by atoms with E-state index in [2.05, 4.69) is 20.6 Å². The van der Waals surface area contributed by atoms with Crippen molar-refractivity contribution < 1.29 is 14.3 Å². The maximum absolute atomic E-state index is 12.4. The highest BCUT2D eigenvalue weighted by Gasteiger charge is 2.10. The fourth-order valence-corrected chi connectivity index (χ4v) is 2.69. The normalized spacial score (nSPS) is 10.3. The van der Waals surface area contributed by atoms with Gasteiger partial charge in [0.2, 0.25) is 5.95 Å². The third-order valence-electron chi connectivity index (χ3n) is 4.20. The molecule has 0 aliphatic rings. The molecule has 0 spiro atoms. The van der Waals surface area contributed by atoms with Crippen LogP contribution in [0.5, 0.6) is 0 Å². The topological polar surface area (TPSA) is 93.2 Å². The van der Waals surface area contributed by atoms with E-state index >= 15 is 0 Å². The maximum atomic E-state index is 12.4. The fourth-order valence-electron chi connectivity index (χ4n) is 2.69. The van der Waals surface area contributed by atoms with E-state index in [4.69, 9.17) is 4.74 Å². The summed E-state index contributed by atoms with van der Waals surface area (Å²) in [6.07, 6.45) is 2.92. The number of benzene rings is 2. The van der Waals surface area contributed by atoms with Gasteiger partial charge in [-0.2, -0.15) is 0 Å². The molecule has 7 heteroatoms. The van der Waals surface area contributed by atoms with Gasteiger partial charge >= 0.3 is 5.97 Å². The first-order valence-electron chi connectivity index (χ1n) is 9.21. The lowest BCUT2D eigenvalue weighted by Gasteiger charge is -2.09. The Hall–Kier alpha value is -3.74. The maximum Gasteiger partial charge on any atom is 0.338 e. The number of rotatable bonds is 6. The highest BCUT2D eigenvalue weighted by Crippen LogP contribution is 2.18. The van der Waals surface area contributed by atoms with Crippen LogP contribution in [0.15, 0.2) is 54.9 Å². The number of amides is 1. The molecule has 0 fully saturated rings. The summed E-state index contributed by atoms with van der Waals surface area (Å²) in [5, 5.41) is 5.89. The molecule has 1 amide bonds. The summed E-state index contributed by atoms with van der Waals surface area (Å²) in [5.41, 5.74) is 4.42. The van der Waals surface area contributed by atoms with Gasteiger partial charge < -0.3 is 15.4 Å². The zero-order chi connectivity index (χ0) is 20.8. The van der Waals surface area contributed by atoms with Crippen LogP contribution in [-0.4, -0.2) is 28.5 Å². The Labute approximate surface area is 169 Å². The Morgan fingerprint density at radius 3 is 2.28 bits per heavy atom. The van der Waals surface area contributed by atoms with Crippen molar-refractivity contribution in [2.75, 3.05) is 17.2 Å². The molecular formula is C22H22N4O3. The molecule has 0 radical (unpaired) electrons. The van der Waals surface area contributed by atoms with Crippen LogP contribution in [0.3, 0.4) is 0 Å². The Morgan fingerprint density at radius 2 is 1.66 bits per heavy atom. The number of esters is 1. The molecule has 3 rings (SSSR count). The van der Waals surface area contributed by atoms with Crippen molar-refractivity contribution in [1.29, 1.82) is 0 Å². The predicted molar refractivity (Wildman–Crippen MR) is 112 cm³/mol. The number of aromatic nitrogens is 2. The number of anilines is 3. The van der Waals surface area contributed by atoms with Crippen LogP contribution in [0, 0.1) is 13.8 Å². The van der Waals surface area contributed by atoms with Crippen LogP contribution in [0.1, 0.15) is 38.8 Å². The number of hydrogen-bond donors (Lipinski definition) is 2. The van der Waals surface area contributed by atoms with Gasteiger partial charge in [-0.15, -0.1) is 0 Å². The van der Waals surface area contributed by atoms with Gasteiger partial charge in [-0.25, -0.2) is 14.8 Å². The second kappa shape index (κ2) is 8.97. The van der Waals surface area contributed by atoms with Crippen LogP contribution in [0.4, 0.5) is 17.3 Å². The van der Waals surface area contributed by atoms with Crippen molar-refractivity contribution in [1.82, 2.24) is 9.97 Å². The number of carbonyl (C=O) groups is 2. The Kier molecular flexibility index (Phi) is 6.19. The summed E-state index contributed by atoms with van der Waals surface area (Å²) < 4.78 is 4.96. The van der Waals surface area contributed by atoms with Crippen LogP contribution < -0.4 is 10.6 Å². The van der Waals surface area contributed by atoms with Gasteiger partial charge in [0, 0.05) is 23.8 Å². The summed E-state index contributed by atoms with van der Waals surface area (Å²) in [6.45, 7) is 6.04. The van der Waals surface area contributed by atoms with Crippen molar-refractivity contribution in [3.05, 3.63) is 77.1 Å². The predicted octanol–water partition coefficient (Wildman–Crippen LogP) is 4.27. The lowest BCUT2D eigenvalue weighted by molar-refractivity contribution is 0.0526.